The monoisotopic (exact) mass is 322 g/mol. The van der Waals surface area contributed by atoms with Gasteiger partial charge in [-0.15, -0.1) is 0 Å². The number of carbonyl (C=O) groups excluding carboxylic acids is 2. The van der Waals surface area contributed by atoms with Crippen LogP contribution in [0, 0.1) is 11.2 Å². The third kappa shape index (κ3) is 4.76. The van der Waals surface area contributed by atoms with Gasteiger partial charge in [0.1, 0.15) is 5.82 Å². The summed E-state index contributed by atoms with van der Waals surface area (Å²) in [6.45, 7) is 6.47. The molecule has 2 amide bonds. The average molecular weight is 322 g/mol. The van der Waals surface area contributed by atoms with E-state index < -0.39 is 17.1 Å². The lowest BCUT2D eigenvalue weighted by atomic mass is 9.95. The van der Waals surface area contributed by atoms with Crippen LogP contribution in [0.5, 0.6) is 0 Å². The van der Waals surface area contributed by atoms with E-state index in [0.29, 0.717) is 18.9 Å². The van der Waals surface area contributed by atoms with Crippen molar-refractivity contribution in [3.05, 3.63) is 29.6 Å². The molecule has 1 aromatic rings. The van der Waals surface area contributed by atoms with E-state index in [1.165, 1.54) is 18.2 Å². The molecule has 0 spiro atoms. The predicted octanol–water partition coefficient (Wildman–Crippen LogP) is 2.72. The Labute approximate surface area is 135 Å². The molecule has 6 heteroatoms. The Morgan fingerprint density at radius 1 is 1.30 bits per heavy atom. The number of hydrogen-bond acceptors (Lipinski definition) is 3. The number of nitrogens with one attached hydrogen (secondary N) is 2. The maximum Gasteiger partial charge on any atom is 0.254 e. The van der Waals surface area contributed by atoms with Crippen molar-refractivity contribution >= 4 is 17.5 Å². The van der Waals surface area contributed by atoms with E-state index in [1.807, 2.05) is 0 Å². The van der Waals surface area contributed by atoms with Crippen LogP contribution >= 0.6 is 0 Å². The minimum Gasteiger partial charge on any atom is -0.379 e. The molecule has 23 heavy (non-hydrogen) atoms. The van der Waals surface area contributed by atoms with Gasteiger partial charge in [-0.1, -0.05) is 20.8 Å². The number of ether oxygens (including phenoxy) is 1. The molecule has 1 atom stereocenters. The minimum atomic E-state index is -0.618. The number of anilines is 1. The van der Waals surface area contributed by atoms with Crippen LogP contribution in [0.4, 0.5) is 10.1 Å². The SMILES string of the molecule is CC(C)(C)C(=O)Nc1ccc(F)c(C(=O)N[C@@H]2CCCOC2)c1. The second kappa shape index (κ2) is 7.08. The van der Waals surface area contributed by atoms with Crippen molar-refractivity contribution in [3.63, 3.8) is 0 Å². The smallest absolute Gasteiger partial charge is 0.254 e. The Morgan fingerprint density at radius 2 is 2.04 bits per heavy atom. The van der Waals surface area contributed by atoms with E-state index >= 15 is 0 Å². The second-order valence-electron chi connectivity index (χ2n) is 6.79. The summed E-state index contributed by atoms with van der Waals surface area (Å²) in [4.78, 5) is 24.2. The number of rotatable bonds is 3. The minimum absolute atomic E-state index is 0.0812. The summed E-state index contributed by atoms with van der Waals surface area (Å²) in [6, 6.07) is 3.88. The zero-order chi connectivity index (χ0) is 17.0. The normalized spacial score (nSPS) is 18.3. The zero-order valence-electron chi connectivity index (χ0n) is 13.7. The van der Waals surface area contributed by atoms with Gasteiger partial charge in [0.25, 0.3) is 5.91 Å². The summed E-state index contributed by atoms with van der Waals surface area (Å²) in [7, 11) is 0. The molecule has 2 rings (SSSR count). The van der Waals surface area contributed by atoms with E-state index in [2.05, 4.69) is 10.6 Å². The van der Waals surface area contributed by atoms with E-state index in [4.69, 9.17) is 4.74 Å². The van der Waals surface area contributed by atoms with Crippen molar-refractivity contribution in [2.24, 2.45) is 5.41 Å². The highest BCUT2D eigenvalue weighted by atomic mass is 19.1. The Kier molecular flexibility index (Phi) is 5.36. The molecule has 0 bridgehead atoms. The van der Waals surface area contributed by atoms with Crippen molar-refractivity contribution in [1.29, 1.82) is 0 Å². The van der Waals surface area contributed by atoms with Gasteiger partial charge in [0.2, 0.25) is 5.91 Å². The van der Waals surface area contributed by atoms with Crippen LogP contribution in [0.2, 0.25) is 0 Å². The van der Waals surface area contributed by atoms with Gasteiger partial charge < -0.3 is 15.4 Å². The number of halogens is 1. The molecule has 1 aliphatic heterocycles. The van der Waals surface area contributed by atoms with Gasteiger partial charge in [-0.25, -0.2) is 4.39 Å². The summed E-state index contributed by atoms with van der Waals surface area (Å²) in [5.41, 5.74) is -0.255. The standard InChI is InChI=1S/C17H23FN2O3/c1-17(2,3)16(22)20-11-6-7-14(18)13(9-11)15(21)19-12-5-4-8-23-10-12/h6-7,9,12H,4-5,8,10H2,1-3H3,(H,19,21)(H,20,22)/t12-/m1/s1. The van der Waals surface area contributed by atoms with E-state index in [-0.39, 0.29) is 17.5 Å². The molecule has 0 aliphatic carbocycles. The molecule has 1 saturated heterocycles. The fraction of sp³-hybridized carbons (Fsp3) is 0.529. The molecule has 1 fully saturated rings. The first kappa shape index (κ1) is 17.4. The number of hydrogen-bond donors (Lipinski definition) is 2. The van der Waals surface area contributed by atoms with Gasteiger partial charge in [-0.05, 0) is 31.0 Å². The lowest BCUT2D eigenvalue weighted by Gasteiger charge is -2.23. The maximum absolute atomic E-state index is 13.9. The summed E-state index contributed by atoms with van der Waals surface area (Å²) >= 11 is 0. The van der Waals surface area contributed by atoms with Crippen LogP contribution in [0.3, 0.4) is 0 Å². The molecular weight excluding hydrogens is 299 g/mol. The molecule has 0 saturated carbocycles. The largest absolute Gasteiger partial charge is 0.379 e. The summed E-state index contributed by atoms with van der Waals surface area (Å²) in [5, 5.41) is 5.47. The van der Waals surface area contributed by atoms with Crippen LogP contribution in [0.25, 0.3) is 0 Å². The Hall–Kier alpha value is -1.95. The average Bonchev–Trinajstić information content (AvgIpc) is 2.49. The molecule has 1 heterocycles. The lowest BCUT2D eigenvalue weighted by molar-refractivity contribution is -0.123. The lowest BCUT2D eigenvalue weighted by Crippen LogP contribution is -2.41. The van der Waals surface area contributed by atoms with E-state index in [1.54, 1.807) is 20.8 Å². The molecule has 0 unspecified atom stereocenters. The highest BCUT2D eigenvalue weighted by Gasteiger charge is 2.23. The Bertz CT molecular complexity index is 590. The van der Waals surface area contributed by atoms with Crippen molar-refractivity contribution in [2.75, 3.05) is 18.5 Å². The number of benzene rings is 1. The first-order valence-electron chi connectivity index (χ1n) is 7.77. The van der Waals surface area contributed by atoms with Gasteiger partial charge in [0, 0.05) is 17.7 Å². The van der Waals surface area contributed by atoms with E-state index in [0.717, 1.165) is 12.8 Å². The molecule has 126 valence electrons. The van der Waals surface area contributed by atoms with Crippen LogP contribution in [0.15, 0.2) is 18.2 Å². The fourth-order valence-electron chi connectivity index (χ4n) is 2.21. The predicted molar refractivity (Wildman–Crippen MR) is 85.8 cm³/mol. The van der Waals surface area contributed by atoms with Gasteiger partial charge in [0.05, 0.1) is 18.2 Å². The van der Waals surface area contributed by atoms with Crippen molar-refractivity contribution in [1.82, 2.24) is 5.32 Å². The number of amides is 2. The molecule has 1 aromatic carbocycles. The summed E-state index contributed by atoms with van der Waals surface area (Å²) in [5.74, 6) is -1.31. The van der Waals surface area contributed by atoms with Gasteiger partial charge in [-0.2, -0.15) is 0 Å². The third-order valence-electron chi connectivity index (χ3n) is 3.65. The first-order chi connectivity index (χ1) is 10.8. The first-order valence-corrected chi connectivity index (χ1v) is 7.77. The van der Waals surface area contributed by atoms with Crippen LogP contribution in [-0.2, 0) is 9.53 Å². The van der Waals surface area contributed by atoms with Crippen LogP contribution in [-0.4, -0.2) is 31.1 Å². The number of carbonyl (C=O) groups is 2. The second-order valence-corrected chi connectivity index (χ2v) is 6.79. The molecule has 0 radical (unpaired) electrons. The van der Waals surface area contributed by atoms with Gasteiger partial charge in [-0.3, -0.25) is 9.59 Å². The van der Waals surface area contributed by atoms with Crippen LogP contribution in [0.1, 0.15) is 44.0 Å². The molecule has 1 aliphatic rings. The molecule has 0 aromatic heterocycles. The Morgan fingerprint density at radius 3 is 2.65 bits per heavy atom. The summed E-state index contributed by atoms with van der Waals surface area (Å²) < 4.78 is 19.2. The highest BCUT2D eigenvalue weighted by molar-refractivity contribution is 5.98. The van der Waals surface area contributed by atoms with Crippen molar-refractivity contribution in [2.45, 2.75) is 39.7 Å². The third-order valence-corrected chi connectivity index (χ3v) is 3.65. The van der Waals surface area contributed by atoms with Gasteiger partial charge in [0.15, 0.2) is 0 Å². The van der Waals surface area contributed by atoms with Gasteiger partial charge >= 0.3 is 0 Å². The van der Waals surface area contributed by atoms with Crippen molar-refractivity contribution in [3.8, 4) is 0 Å². The molecule has 2 N–H and O–H groups in total. The zero-order valence-corrected chi connectivity index (χ0v) is 13.7. The molecule has 5 nitrogen and oxygen atoms in total. The van der Waals surface area contributed by atoms with Crippen molar-refractivity contribution < 1.29 is 18.7 Å². The topological polar surface area (TPSA) is 67.4 Å². The molecular formula is C17H23FN2O3. The highest BCUT2D eigenvalue weighted by Crippen LogP contribution is 2.20. The Balaban J connectivity index is 2.10. The quantitative estimate of drug-likeness (QED) is 0.899. The van der Waals surface area contributed by atoms with Crippen LogP contribution < -0.4 is 10.6 Å². The summed E-state index contributed by atoms with van der Waals surface area (Å²) in [6.07, 6.45) is 1.68. The van der Waals surface area contributed by atoms with E-state index in [9.17, 15) is 14.0 Å². The fourth-order valence-corrected chi connectivity index (χ4v) is 2.21. The maximum atomic E-state index is 13.9.